The van der Waals surface area contributed by atoms with Crippen LogP contribution in [-0.2, 0) is 19.1 Å². The van der Waals surface area contributed by atoms with E-state index >= 15 is 0 Å². The second kappa shape index (κ2) is 9.73. The number of carbonyl (C=O) groups is 3. The van der Waals surface area contributed by atoms with Gasteiger partial charge < -0.3 is 19.7 Å². The molecule has 7 heteroatoms. The molecule has 1 heterocycles. The molecule has 29 heavy (non-hydrogen) atoms. The second-order valence-electron chi connectivity index (χ2n) is 6.82. The zero-order chi connectivity index (χ0) is 20.6. The maximum atomic E-state index is 12.0. The van der Waals surface area contributed by atoms with Crippen LogP contribution in [0.3, 0.4) is 0 Å². The first-order valence-corrected chi connectivity index (χ1v) is 9.56. The molecular weight excluding hydrogens is 372 g/mol. The van der Waals surface area contributed by atoms with E-state index in [0.29, 0.717) is 24.4 Å². The summed E-state index contributed by atoms with van der Waals surface area (Å²) in [5, 5.41) is 2.66. The average molecular weight is 396 g/mol. The fourth-order valence-corrected chi connectivity index (χ4v) is 3.02. The predicted octanol–water partition coefficient (Wildman–Crippen LogP) is 3.07. The van der Waals surface area contributed by atoms with Gasteiger partial charge in [0.05, 0.1) is 13.0 Å². The third-order valence-electron chi connectivity index (χ3n) is 4.46. The van der Waals surface area contributed by atoms with Crippen molar-refractivity contribution in [3.05, 3.63) is 54.1 Å². The van der Waals surface area contributed by atoms with Crippen molar-refractivity contribution in [3.8, 4) is 5.75 Å². The van der Waals surface area contributed by atoms with E-state index in [4.69, 9.17) is 9.47 Å². The van der Waals surface area contributed by atoms with Crippen molar-refractivity contribution < 1.29 is 23.9 Å². The lowest BCUT2D eigenvalue weighted by molar-refractivity contribution is -0.147. The number of hydrogen-bond acceptors (Lipinski definition) is 5. The fraction of sp³-hybridized carbons (Fsp3) is 0.318. The topological polar surface area (TPSA) is 84.9 Å². The molecule has 0 aromatic heterocycles. The molecule has 1 aliphatic rings. The minimum absolute atomic E-state index is 0.0553. The Kier molecular flexibility index (Phi) is 6.84. The van der Waals surface area contributed by atoms with Crippen molar-refractivity contribution in [3.63, 3.8) is 0 Å². The molecule has 2 amide bonds. The number of aryl methyl sites for hydroxylation is 1. The van der Waals surface area contributed by atoms with Gasteiger partial charge in [0.15, 0.2) is 6.61 Å². The van der Waals surface area contributed by atoms with Crippen LogP contribution in [0.5, 0.6) is 5.75 Å². The van der Waals surface area contributed by atoms with Crippen LogP contribution in [0.1, 0.15) is 24.8 Å². The van der Waals surface area contributed by atoms with Gasteiger partial charge in [0.1, 0.15) is 5.75 Å². The largest absolute Gasteiger partial charge is 0.493 e. The molecule has 0 unspecified atom stereocenters. The van der Waals surface area contributed by atoms with Gasteiger partial charge in [-0.15, -0.1) is 0 Å². The van der Waals surface area contributed by atoms with E-state index < -0.39 is 11.9 Å². The Morgan fingerprint density at radius 2 is 1.93 bits per heavy atom. The van der Waals surface area contributed by atoms with Crippen LogP contribution < -0.4 is 15.0 Å². The molecule has 3 rings (SSSR count). The number of amides is 2. The lowest BCUT2D eigenvalue weighted by Crippen LogP contribution is -2.24. The van der Waals surface area contributed by atoms with E-state index in [-0.39, 0.29) is 25.5 Å². The number of hydrogen-bond donors (Lipinski definition) is 1. The summed E-state index contributed by atoms with van der Waals surface area (Å²) in [5.74, 6) is -0.131. The van der Waals surface area contributed by atoms with Crippen LogP contribution in [0.2, 0.25) is 0 Å². The summed E-state index contributed by atoms with van der Waals surface area (Å²) >= 11 is 0. The quantitative estimate of drug-likeness (QED) is 0.693. The van der Waals surface area contributed by atoms with Gasteiger partial charge >= 0.3 is 5.97 Å². The molecule has 2 aromatic rings. The van der Waals surface area contributed by atoms with E-state index in [2.05, 4.69) is 5.32 Å². The molecule has 1 aliphatic heterocycles. The maximum Gasteiger partial charge on any atom is 0.309 e. The van der Waals surface area contributed by atoms with Gasteiger partial charge in [-0.25, -0.2) is 0 Å². The molecule has 1 fully saturated rings. The number of anilines is 2. The van der Waals surface area contributed by atoms with Crippen LogP contribution in [-0.4, -0.2) is 37.5 Å². The van der Waals surface area contributed by atoms with Gasteiger partial charge in [-0.1, -0.05) is 12.1 Å². The fourth-order valence-electron chi connectivity index (χ4n) is 3.02. The van der Waals surface area contributed by atoms with Crippen molar-refractivity contribution in [2.45, 2.75) is 26.2 Å². The highest BCUT2D eigenvalue weighted by molar-refractivity contribution is 5.96. The Morgan fingerprint density at radius 3 is 2.62 bits per heavy atom. The van der Waals surface area contributed by atoms with E-state index in [1.807, 2.05) is 31.2 Å². The van der Waals surface area contributed by atoms with Crippen LogP contribution >= 0.6 is 0 Å². The first-order chi connectivity index (χ1) is 14.0. The molecule has 1 saturated heterocycles. The highest BCUT2D eigenvalue weighted by atomic mass is 16.5. The van der Waals surface area contributed by atoms with Crippen molar-refractivity contribution in [1.82, 2.24) is 0 Å². The van der Waals surface area contributed by atoms with E-state index in [1.54, 1.807) is 29.2 Å². The van der Waals surface area contributed by atoms with Crippen LogP contribution in [0.25, 0.3) is 0 Å². The number of benzene rings is 2. The smallest absolute Gasteiger partial charge is 0.309 e. The van der Waals surface area contributed by atoms with E-state index in [1.165, 1.54) is 0 Å². The number of carbonyl (C=O) groups excluding carboxylic acids is 3. The molecule has 0 bridgehead atoms. The third kappa shape index (κ3) is 6.07. The summed E-state index contributed by atoms with van der Waals surface area (Å²) in [4.78, 5) is 37.2. The van der Waals surface area contributed by atoms with Gasteiger partial charge in [0, 0.05) is 24.3 Å². The number of nitrogens with zero attached hydrogens (tertiary/aromatic N) is 1. The summed E-state index contributed by atoms with van der Waals surface area (Å²) in [6, 6.07) is 14.5. The molecule has 2 aromatic carbocycles. The zero-order valence-electron chi connectivity index (χ0n) is 16.3. The first kappa shape index (κ1) is 20.4. The lowest BCUT2D eigenvalue weighted by atomic mass is 10.2. The van der Waals surface area contributed by atoms with Crippen molar-refractivity contribution in [1.29, 1.82) is 0 Å². The van der Waals surface area contributed by atoms with E-state index in [0.717, 1.165) is 17.7 Å². The summed E-state index contributed by atoms with van der Waals surface area (Å²) in [6.07, 6.45) is 1.48. The Balaban J connectivity index is 1.37. The second-order valence-corrected chi connectivity index (χ2v) is 6.82. The van der Waals surface area contributed by atoms with Gasteiger partial charge in [0.25, 0.3) is 5.91 Å². The Morgan fingerprint density at radius 1 is 1.14 bits per heavy atom. The number of nitrogens with one attached hydrogen (secondary N) is 1. The molecule has 0 radical (unpaired) electrons. The van der Waals surface area contributed by atoms with Crippen LogP contribution in [0.4, 0.5) is 11.4 Å². The van der Waals surface area contributed by atoms with Gasteiger partial charge in [-0.05, 0) is 55.3 Å². The third-order valence-corrected chi connectivity index (χ3v) is 4.46. The molecule has 0 saturated carbocycles. The lowest BCUT2D eigenvalue weighted by Gasteiger charge is -2.16. The summed E-state index contributed by atoms with van der Waals surface area (Å²) in [7, 11) is 0. The molecule has 0 aliphatic carbocycles. The van der Waals surface area contributed by atoms with Crippen LogP contribution in [0, 0.1) is 6.92 Å². The SMILES string of the molecule is Cc1cccc(OCCC(=O)OCC(=O)Nc2ccc(N3CCCC3=O)cc2)c1. The van der Waals surface area contributed by atoms with Gasteiger partial charge in [0.2, 0.25) is 5.91 Å². The highest BCUT2D eigenvalue weighted by Gasteiger charge is 2.21. The monoisotopic (exact) mass is 396 g/mol. The standard InChI is InChI=1S/C22H24N2O5/c1-16-4-2-5-19(14-16)28-13-11-22(27)29-15-20(25)23-17-7-9-18(10-8-17)24-12-3-6-21(24)26/h2,4-5,7-10,14H,3,6,11-13,15H2,1H3,(H,23,25). The predicted molar refractivity (Wildman–Crippen MR) is 109 cm³/mol. The highest BCUT2D eigenvalue weighted by Crippen LogP contribution is 2.23. The zero-order valence-corrected chi connectivity index (χ0v) is 16.3. The van der Waals surface area contributed by atoms with Crippen molar-refractivity contribution >= 4 is 29.2 Å². The summed E-state index contributed by atoms with van der Waals surface area (Å²) in [6.45, 7) is 2.49. The summed E-state index contributed by atoms with van der Waals surface area (Å²) in [5.41, 5.74) is 2.46. The molecule has 1 N–H and O–H groups in total. The van der Waals surface area contributed by atoms with Gasteiger partial charge in [-0.2, -0.15) is 0 Å². The molecule has 0 spiro atoms. The maximum absolute atomic E-state index is 12.0. The number of esters is 1. The minimum atomic E-state index is -0.504. The molecule has 152 valence electrons. The van der Waals surface area contributed by atoms with Gasteiger partial charge in [-0.3, -0.25) is 14.4 Å². The Labute approximate surface area is 169 Å². The average Bonchev–Trinajstić information content (AvgIpc) is 3.13. The van der Waals surface area contributed by atoms with E-state index in [9.17, 15) is 14.4 Å². The van der Waals surface area contributed by atoms with Crippen LogP contribution in [0.15, 0.2) is 48.5 Å². The minimum Gasteiger partial charge on any atom is -0.493 e. The molecule has 0 atom stereocenters. The van der Waals surface area contributed by atoms with Crippen molar-refractivity contribution in [2.24, 2.45) is 0 Å². The number of rotatable bonds is 8. The Hall–Kier alpha value is -3.35. The Bertz CT molecular complexity index is 879. The molecular formula is C22H24N2O5. The number of ether oxygens (including phenoxy) is 2. The summed E-state index contributed by atoms with van der Waals surface area (Å²) < 4.78 is 10.5. The molecule has 7 nitrogen and oxygen atoms in total. The first-order valence-electron chi connectivity index (χ1n) is 9.56. The normalized spacial score (nSPS) is 13.3. The van der Waals surface area contributed by atoms with Crippen molar-refractivity contribution in [2.75, 3.05) is 30.0 Å².